The smallest absolute Gasteiger partial charge is 0.0968 e. The minimum Gasteiger partial charge on any atom is -0.398 e. The van der Waals surface area contributed by atoms with Crippen LogP contribution in [0.25, 0.3) is 0 Å². The summed E-state index contributed by atoms with van der Waals surface area (Å²) in [5.41, 5.74) is 6.81. The Bertz CT molecular complexity index is 205. The first-order valence-corrected chi connectivity index (χ1v) is 2.90. The Balaban J connectivity index is 2.88. The quantitative estimate of drug-likeness (QED) is 0.520. The van der Waals surface area contributed by atoms with E-state index in [1.165, 1.54) is 0 Å². The van der Waals surface area contributed by atoms with Crippen molar-refractivity contribution in [3.63, 3.8) is 0 Å². The number of hydrogen-bond donors (Lipinski definition) is 1. The van der Waals surface area contributed by atoms with Crippen molar-refractivity contribution in [1.82, 2.24) is 0 Å². The van der Waals surface area contributed by atoms with E-state index in [0.717, 1.165) is 18.4 Å². The summed E-state index contributed by atoms with van der Waals surface area (Å²) in [6.45, 7) is 0. The van der Waals surface area contributed by atoms with Gasteiger partial charge in [0.1, 0.15) is 0 Å². The topological polar surface area (TPSA) is 49.8 Å². The zero-order valence-electron chi connectivity index (χ0n) is 5.09. The molecule has 1 aliphatic carbocycles. The maximum absolute atomic E-state index is 8.44. The molecule has 0 saturated heterocycles. The Kier molecular flexibility index (Phi) is 1.55. The summed E-state index contributed by atoms with van der Waals surface area (Å²) in [6.07, 6.45) is 5.53. The Hall–Kier alpha value is -1.23. The van der Waals surface area contributed by atoms with Gasteiger partial charge in [0.15, 0.2) is 0 Å². The Morgan fingerprint density at radius 3 is 2.89 bits per heavy atom. The summed E-state index contributed by atoms with van der Waals surface area (Å²) in [7, 11) is 0. The molecule has 2 N–H and O–H groups in total. The number of rotatable bonds is 0. The van der Waals surface area contributed by atoms with Crippen LogP contribution in [0.2, 0.25) is 0 Å². The lowest BCUT2D eigenvalue weighted by molar-refractivity contribution is 0.967. The molecular weight excluding hydrogens is 112 g/mol. The van der Waals surface area contributed by atoms with Crippen LogP contribution in [-0.2, 0) is 0 Å². The molecule has 0 fully saturated rings. The highest BCUT2D eigenvalue weighted by molar-refractivity contribution is 5.35. The van der Waals surface area contributed by atoms with Gasteiger partial charge in [-0.15, -0.1) is 0 Å². The van der Waals surface area contributed by atoms with Crippen LogP contribution in [0.4, 0.5) is 0 Å². The molecule has 0 heterocycles. The van der Waals surface area contributed by atoms with Gasteiger partial charge in [-0.3, -0.25) is 0 Å². The summed E-state index contributed by atoms with van der Waals surface area (Å²) in [6, 6.07) is 2.06. The zero-order chi connectivity index (χ0) is 6.69. The Morgan fingerprint density at radius 2 is 2.44 bits per heavy atom. The second-order valence-electron chi connectivity index (χ2n) is 1.99. The van der Waals surface area contributed by atoms with Gasteiger partial charge in [0.25, 0.3) is 0 Å². The molecule has 0 radical (unpaired) electrons. The van der Waals surface area contributed by atoms with Gasteiger partial charge in [-0.2, -0.15) is 5.26 Å². The van der Waals surface area contributed by atoms with Crippen LogP contribution in [0, 0.1) is 11.3 Å². The van der Waals surface area contributed by atoms with E-state index in [0.29, 0.717) is 5.70 Å². The summed E-state index contributed by atoms with van der Waals surface area (Å²) >= 11 is 0. The highest BCUT2D eigenvalue weighted by Gasteiger charge is 2.02. The van der Waals surface area contributed by atoms with Crippen molar-refractivity contribution in [1.29, 1.82) is 5.26 Å². The largest absolute Gasteiger partial charge is 0.398 e. The van der Waals surface area contributed by atoms with E-state index in [1.54, 1.807) is 6.08 Å². The molecule has 0 aromatic carbocycles. The fourth-order valence-electron chi connectivity index (χ4n) is 0.803. The fraction of sp³-hybridized carbons (Fsp3) is 0.286. The predicted octanol–water partition coefficient (Wildman–Crippen LogP) is 1.07. The molecule has 0 amide bonds. The maximum Gasteiger partial charge on any atom is 0.0968 e. The Labute approximate surface area is 54.3 Å². The van der Waals surface area contributed by atoms with Crippen molar-refractivity contribution >= 4 is 0 Å². The summed E-state index contributed by atoms with van der Waals surface area (Å²) < 4.78 is 0. The van der Waals surface area contributed by atoms with Crippen molar-refractivity contribution in [2.75, 3.05) is 0 Å². The van der Waals surface area contributed by atoms with E-state index in [2.05, 4.69) is 6.07 Å². The third kappa shape index (κ3) is 1.11. The molecule has 1 rings (SSSR count). The van der Waals surface area contributed by atoms with Crippen molar-refractivity contribution in [2.24, 2.45) is 5.73 Å². The molecule has 46 valence electrons. The minimum atomic E-state index is 0.628. The van der Waals surface area contributed by atoms with Crippen LogP contribution in [0.3, 0.4) is 0 Å². The zero-order valence-corrected chi connectivity index (χ0v) is 5.09. The minimum absolute atomic E-state index is 0.628. The van der Waals surface area contributed by atoms with E-state index < -0.39 is 0 Å². The molecule has 0 aliphatic heterocycles. The van der Waals surface area contributed by atoms with Crippen molar-refractivity contribution in [2.45, 2.75) is 12.8 Å². The van der Waals surface area contributed by atoms with Crippen LogP contribution in [0.5, 0.6) is 0 Å². The van der Waals surface area contributed by atoms with Crippen LogP contribution in [0.1, 0.15) is 12.8 Å². The monoisotopic (exact) mass is 120 g/mol. The summed E-state index contributed by atoms with van der Waals surface area (Å²) in [5.74, 6) is 0. The highest BCUT2D eigenvalue weighted by atomic mass is 14.6. The molecule has 0 unspecified atom stereocenters. The van der Waals surface area contributed by atoms with Crippen molar-refractivity contribution in [3.05, 3.63) is 23.4 Å². The van der Waals surface area contributed by atoms with Gasteiger partial charge in [0.05, 0.1) is 11.6 Å². The molecule has 0 bridgehead atoms. The molecule has 0 atom stereocenters. The van der Waals surface area contributed by atoms with E-state index in [9.17, 15) is 0 Å². The van der Waals surface area contributed by atoms with Gasteiger partial charge >= 0.3 is 0 Å². The van der Waals surface area contributed by atoms with Crippen molar-refractivity contribution in [3.8, 4) is 6.07 Å². The van der Waals surface area contributed by atoms with Crippen LogP contribution < -0.4 is 5.73 Å². The number of nitrogens with zero attached hydrogens (tertiary/aromatic N) is 1. The number of nitriles is 1. The lowest BCUT2D eigenvalue weighted by Gasteiger charge is -2.03. The molecule has 0 saturated carbocycles. The number of nitrogens with two attached hydrogens (primary N) is 1. The molecule has 0 aromatic rings. The fourth-order valence-corrected chi connectivity index (χ4v) is 0.803. The first-order valence-electron chi connectivity index (χ1n) is 2.90. The molecule has 2 nitrogen and oxygen atoms in total. The molecule has 9 heavy (non-hydrogen) atoms. The molecule has 0 spiro atoms. The van der Waals surface area contributed by atoms with E-state index in [1.807, 2.05) is 6.08 Å². The second kappa shape index (κ2) is 2.36. The third-order valence-electron chi connectivity index (χ3n) is 1.34. The lowest BCUT2D eigenvalue weighted by atomic mass is 10.0. The van der Waals surface area contributed by atoms with Gasteiger partial charge in [0.2, 0.25) is 0 Å². The number of hydrogen-bond acceptors (Lipinski definition) is 2. The summed E-state index contributed by atoms with van der Waals surface area (Å²) in [5, 5.41) is 8.44. The SMILES string of the molecule is N#CC1=C(N)C=CCC1. The van der Waals surface area contributed by atoms with Crippen LogP contribution >= 0.6 is 0 Å². The van der Waals surface area contributed by atoms with E-state index >= 15 is 0 Å². The van der Waals surface area contributed by atoms with Gasteiger partial charge < -0.3 is 5.73 Å². The first-order chi connectivity index (χ1) is 4.34. The number of allylic oxidation sites excluding steroid dienone is 3. The van der Waals surface area contributed by atoms with Gasteiger partial charge in [-0.25, -0.2) is 0 Å². The highest BCUT2D eigenvalue weighted by Crippen LogP contribution is 2.13. The standard InChI is InChI=1S/C7H8N2/c8-5-6-3-1-2-4-7(6)9/h2,4H,1,3,9H2. The second-order valence-corrected chi connectivity index (χ2v) is 1.99. The molecule has 2 heteroatoms. The summed E-state index contributed by atoms with van der Waals surface area (Å²) in [4.78, 5) is 0. The van der Waals surface area contributed by atoms with Crippen LogP contribution in [0.15, 0.2) is 23.4 Å². The maximum atomic E-state index is 8.44. The van der Waals surface area contributed by atoms with Gasteiger partial charge in [-0.1, -0.05) is 6.08 Å². The van der Waals surface area contributed by atoms with E-state index in [4.69, 9.17) is 11.0 Å². The molecule has 0 aromatic heterocycles. The van der Waals surface area contributed by atoms with Crippen molar-refractivity contribution < 1.29 is 0 Å². The molecular formula is C7H8N2. The average molecular weight is 120 g/mol. The molecule has 1 aliphatic rings. The first kappa shape index (κ1) is 5.90. The normalized spacial score (nSPS) is 17.7. The third-order valence-corrected chi connectivity index (χ3v) is 1.34. The van der Waals surface area contributed by atoms with Crippen LogP contribution in [-0.4, -0.2) is 0 Å². The lowest BCUT2D eigenvalue weighted by Crippen LogP contribution is -2.01. The van der Waals surface area contributed by atoms with Gasteiger partial charge in [0, 0.05) is 5.70 Å². The Morgan fingerprint density at radius 1 is 1.67 bits per heavy atom. The van der Waals surface area contributed by atoms with Gasteiger partial charge in [-0.05, 0) is 18.9 Å². The average Bonchev–Trinajstić information content (AvgIpc) is 1.89. The van der Waals surface area contributed by atoms with E-state index in [-0.39, 0.29) is 0 Å². The predicted molar refractivity (Wildman–Crippen MR) is 35.2 cm³/mol.